The molecule has 1 saturated heterocycles. The third-order valence-corrected chi connectivity index (χ3v) is 4.35. The van der Waals surface area contributed by atoms with E-state index in [1.165, 1.54) is 0 Å². The molecule has 1 rings (SSSR count). The molecule has 6 N–H and O–H groups in total. The number of ether oxygens (including phenoxy) is 4. The summed E-state index contributed by atoms with van der Waals surface area (Å²) in [5, 5.41) is 20.3. The highest BCUT2D eigenvalue weighted by Crippen LogP contribution is 1.79. The van der Waals surface area contributed by atoms with Crippen LogP contribution in [0.25, 0.3) is 0 Å². The molecule has 0 aromatic heterocycles. The molecule has 0 bridgehead atoms. The molecule has 10 nitrogen and oxygen atoms in total. The van der Waals surface area contributed by atoms with Crippen LogP contribution in [-0.2, 0) is 18.9 Å². The van der Waals surface area contributed by atoms with E-state index in [2.05, 4.69) is 31.9 Å². The molecular weight excluding hydrogens is 388 g/mol. The molecule has 0 spiro atoms. The second-order valence-corrected chi connectivity index (χ2v) is 6.95. The van der Waals surface area contributed by atoms with E-state index in [1.54, 1.807) is 0 Å². The minimum atomic E-state index is 0.648. The molecule has 10 heteroatoms. The summed E-state index contributed by atoms with van der Waals surface area (Å²) in [5.41, 5.74) is 0. The van der Waals surface area contributed by atoms with E-state index in [4.69, 9.17) is 18.9 Å². The Balaban J connectivity index is 2.00. The molecule has 0 saturated carbocycles. The molecule has 0 aromatic carbocycles. The third kappa shape index (κ3) is 22.3. The van der Waals surface area contributed by atoms with Crippen LogP contribution in [0, 0.1) is 0 Å². The second-order valence-electron chi connectivity index (χ2n) is 6.95. The standard InChI is InChI=1S/C20H46N6O4/c1-5-23-9-13-27-17-18-29-15-11-25-7-3-22-4-8-26-12-16-30-20-19-28-14-10-24-6-2-21-1/h21-26H,1-20H2. The lowest BCUT2D eigenvalue weighted by Gasteiger charge is -2.10. The van der Waals surface area contributed by atoms with E-state index in [0.29, 0.717) is 52.9 Å². The summed E-state index contributed by atoms with van der Waals surface area (Å²) >= 11 is 0. The Hall–Kier alpha value is -0.400. The molecule has 0 amide bonds. The molecule has 0 aliphatic carbocycles. The molecule has 0 aromatic rings. The topological polar surface area (TPSA) is 109 Å². The first-order valence-corrected chi connectivity index (χ1v) is 11.6. The fourth-order valence-corrected chi connectivity index (χ4v) is 2.68. The average Bonchev–Trinajstić information content (AvgIpc) is 2.76. The van der Waals surface area contributed by atoms with Crippen molar-refractivity contribution < 1.29 is 18.9 Å². The van der Waals surface area contributed by atoms with Crippen LogP contribution in [0.2, 0.25) is 0 Å². The first kappa shape index (κ1) is 27.6. The van der Waals surface area contributed by atoms with Gasteiger partial charge in [-0.15, -0.1) is 0 Å². The van der Waals surface area contributed by atoms with Gasteiger partial charge in [0.05, 0.1) is 52.9 Å². The molecule has 1 fully saturated rings. The van der Waals surface area contributed by atoms with Crippen molar-refractivity contribution in [3.05, 3.63) is 0 Å². The van der Waals surface area contributed by atoms with Crippen molar-refractivity contribution >= 4 is 0 Å². The quantitative estimate of drug-likeness (QED) is 0.247. The van der Waals surface area contributed by atoms with Gasteiger partial charge in [-0.05, 0) is 0 Å². The second kappa shape index (κ2) is 24.9. The maximum Gasteiger partial charge on any atom is 0.0701 e. The van der Waals surface area contributed by atoms with Crippen LogP contribution in [0.1, 0.15) is 0 Å². The first-order chi connectivity index (χ1) is 15.0. The van der Waals surface area contributed by atoms with Crippen LogP contribution < -0.4 is 31.9 Å². The minimum absolute atomic E-state index is 0.648. The van der Waals surface area contributed by atoms with Gasteiger partial charge in [-0.25, -0.2) is 0 Å². The van der Waals surface area contributed by atoms with Crippen LogP contribution in [-0.4, -0.2) is 131 Å². The monoisotopic (exact) mass is 434 g/mol. The molecule has 0 radical (unpaired) electrons. The van der Waals surface area contributed by atoms with E-state index in [1.807, 2.05) is 0 Å². The van der Waals surface area contributed by atoms with Gasteiger partial charge in [0.2, 0.25) is 0 Å². The van der Waals surface area contributed by atoms with Crippen molar-refractivity contribution in [3.8, 4) is 0 Å². The van der Waals surface area contributed by atoms with E-state index in [-0.39, 0.29) is 0 Å². The van der Waals surface area contributed by atoms with Gasteiger partial charge in [-0.2, -0.15) is 0 Å². The zero-order chi connectivity index (χ0) is 21.2. The van der Waals surface area contributed by atoms with Crippen LogP contribution in [0.5, 0.6) is 0 Å². The van der Waals surface area contributed by atoms with E-state index < -0.39 is 0 Å². The number of hydrogen-bond donors (Lipinski definition) is 6. The smallest absolute Gasteiger partial charge is 0.0701 e. The van der Waals surface area contributed by atoms with Crippen molar-refractivity contribution in [3.63, 3.8) is 0 Å². The summed E-state index contributed by atoms with van der Waals surface area (Å²) in [6.07, 6.45) is 0. The number of rotatable bonds is 0. The largest absolute Gasteiger partial charge is 0.378 e. The maximum absolute atomic E-state index is 5.56. The lowest BCUT2D eigenvalue weighted by molar-refractivity contribution is 0.0498. The van der Waals surface area contributed by atoms with Crippen molar-refractivity contribution in [2.24, 2.45) is 0 Å². The third-order valence-electron chi connectivity index (χ3n) is 4.35. The van der Waals surface area contributed by atoms with Gasteiger partial charge in [-0.3, -0.25) is 0 Å². The van der Waals surface area contributed by atoms with Gasteiger partial charge < -0.3 is 50.8 Å². The summed E-state index contributed by atoms with van der Waals surface area (Å²) in [6, 6.07) is 0. The Morgan fingerprint density at radius 2 is 0.433 bits per heavy atom. The Morgan fingerprint density at radius 1 is 0.233 bits per heavy atom. The Labute approximate surface area is 182 Å². The molecule has 30 heavy (non-hydrogen) atoms. The van der Waals surface area contributed by atoms with Crippen LogP contribution >= 0.6 is 0 Å². The minimum Gasteiger partial charge on any atom is -0.378 e. The summed E-state index contributed by atoms with van der Waals surface area (Å²) < 4.78 is 22.2. The zero-order valence-electron chi connectivity index (χ0n) is 18.8. The van der Waals surface area contributed by atoms with Crippen LogP contribution in [0.15, 0.2) is 0 Å². The van der Waals surface area contributed by atoms with Crippen molar-refractivity contribution in [2.45, 2.75) is 0 Å². The first-order valence-electron chi connectivity index (χ1n) is 11.6. The highest BCUT2D eigenvalue weighted by Gasteiger charge is 1.95. The predicted molar refractivity (Wildman–Crippen MR) is 120 cm³/mol. The number of hydrogen-bond acceptors (Lipinski definition) is 10. The highest BCUT2D eigenvalue weighted by atomic mass is 16.5. The van der Waals surface area contributed by atoms with Crippen LogP contribution in [0.4, 0.5) is 0 Å². The summed E-state index contributed by atoms with van der Waals surface area (Å²) in [4.78, 5) is 0. The summed E-state index contributed by atoms with van der Waals surface area (Å²) in [7, 11) is 0. The zero-order valence-corrected chi connectivity index (χ0v) is 18.8. The van der Waals surface area contributed by atoms with Gasteiger partial charge >= 0.3 is 0 Å². The maximum atomic E-state index is 5.56. The lowest BCUT2D eigenvalue weighted by atomic mass is 10.5. The fourth-order valence-electron chi connectivity index (χ4n) is 2.68. The SMILES string of the molecule is C1CNCCOCCOCCNCCNCCNCCOCCOCCNCCN1. The average molecular weight is 435 g/mol. The fraction of sp³-hybridized carbons (Fsp3) is 1.00. The van der Waals surface area contributed by atoms with E-state index >= 15 is 0 Å². The van der Waals surface area contributed by atoms with Gasteiger partial charge in [0.15, 0.2) is 0 Å². The van der Waals surface area contributed by atoms with Crippen molar-refractivity contribution in [2.75, 3.05) is 131 Å². The predicted octanol–water partition coefficient (Wildman–Crippen LogP) is -2.40. The van der Waals surface area contributed by atoms with Gasteiger partial charge in [0.1, 0.15) is 0 Å². The Kier molecular flexibility index (Phi) is 22.9. The molecular formula is C20H46N6O4. The van der Waals surface area contributed by atoms with Gasteiger partial charge in [0.25, 0.3) is 0 Å². The summed E-state index contributed by atoms with van der Waals surface area (Å²) in [6.45, 7) is 16.5. The van der Waals surface area contributed by atoms with Crippen LogP contribution in [0.3, 0.4) is 0 Å². The Bertz CT molecular complexity index is 184. The van der Waals surface area contributed by atoms with Gasteiger partial charge in [0, 0.05) is 78.5 Å². The molecule has 1 aliphatic rings. The highest BCUT2D eigenvalue weighted by molar-refractivity contribution is 4.56. The molecule has 1 aliphatic heterocycles. The molecule has 1 heterocycles. The van der Waals surface area contributed by atoms with E-state index in [0.717, 1.165) is 78.5 Å². The van der Waals surface area contributed by atoms with Gasteiger partial charge in [-0.1, -0.05) is 0 Å². The molecule has 180 valence electrons. The lowest BCUT2D eigenvalue weighted by Crippen LogP contribution is -2.35. The van der Waals surface area contributed by atoms with Crippen molar-refractivity contribution in [1.29, 1.82) is 0 Å². The molecule has 0 atom stereocenters. The summed E-state index contributed by atoms with van der Waals surface area (Å²) in [5.74, 6) is 0. The normalized spacial score (nSPS) is 24.0. The molecule has 0 unspecified atom stereocenters. The van der Waals surface area contributed by atoms with E-state index in [9.17, 15) is 0 Å². The Morgan fingerprint density at radius 3 is 0.667 bits per heavy atom. The number of nitrogens with one attached hydrogen (secondary N) is 6. The van der Waals surface area contributed by atoms with Crippen molar-refractivity contribution in [1.82, 2.24) is 31.9 Å².